The molecule has 0 unspecified atom stereocenters. The minimum absolute atomic E-state index is 0.124. The molecular formula is C40H33N. The SMILES string of the molecule is CC1(C)c2ccccc2N2c3ccc(-c4ccc5ccccc5c4)cc3C(C)(C)c3cc(-c4ccccc4)cc1c32. The van der Waals surface area contributed by atoms with Crippen LogP contribution in [-0.2, 0) is 10.8 Å². The van der Waals surface area contributed by atoms with E-state index < -0.39 is 0 Å². The van der Waals surface area contributed by atoms with E-state index in [4.69, 9.17) is 0 Å². The number of nitrogens with zero attached hydrogens (tertiary/aromatic N) is 1. The van der Waals surface area contributed by atoms with Crippen LogP contribution in [0.1, 0.15) is 49.9 Å². The number of rotatable bonds is 2. The van der Waals surface area contributed by atoms with Gasteiger partial charge in [0.1, 0.15) is 0 Å². The van der Waals surface area contributed by atoms with E-state index in [0.717, 1.165) is 0 Å². The third kappa shape index (κ3) is 3.42. The van der Waals surface area contributed by atoms with Gasteiger partial charge in [0.2, 0.25) is 0 Å². The predicted octanol–water partition coefficient (Wildman–Crippen LogP) is 10.9. The molecule has 8 rings (SSSR count). The summed E-state index contributed by atoms with van der Waals surface area (Å²) in [5.74, 6) is 0. The fraction of sp³-hybridized carbons (Fsp3) is 0.150. The van der Waals surface area contributed by atoms with Crippen molar-refractivity contribution < 1.29 is 0 Å². The molecule has 198 valence electrons. The van der Waals surface area contributed by atoms with Gasteiger partial charge < -0.3 is 4.90 Å². The van der Waals surface area contributed by atoms with Crippen LogP contribution in [0, 0.1) is 0 Å². The number of hydrogen-bond donors (Lipinski definition) is 0. The van der Waals surface area contributed by atoms with Crippen molar-refractivity contribution >= 4 is 27.8 Å². The standard InChI is InChI=1S/C40H33N/c1-39(2)32-16-10-11-17-36(32)41-37-21-20-30(29-19-18-27-14-8-9-15-28(27)22-29)23-33(37)40(3,4)35-25-31(24-34(39)38(35)41)26-12-6-5-7-13-26/h5-25H,1-4H3. The summed E-state index contributed by atoms with van der Waals surface area (Å²) in [6.45, 7) is 9.59. The van der Waals surface area contributed by atoms with Crippen LogP contribution < -0.4 is 4.90 Å². The van der Waals surface area contributed by atoms with E-state index in [0.29, 0.717) is 0 Å². The zero-order chi connectivity index (χ0) is 27.9. The van der Waals surface area contributed by atoms with Gasteiger partial charge in [-0.25, -0.2) is 0 Å². The monoisotopic (exact) mass is 527 g/mol. The molecule has 6 aromatic carbocycles. The lowest BCUT2D eigenvalue weighted by Gasteiger charge is -2.49. The lowest BCUT2D eigenvalue weighted by molar-refractivity contribution is 0.598. The highest BCUT2D eigenvalue weighted by molar-refractivity contribution is 5.95. The molecule has 0 aliphatic carbocycles. The van der Waals surface area contributed by atoms with Crippen LogP contribution in [0.15, 0.2) is 127 Å². The second kappa shape index (κ2) is 8.44. The van der Waals surface area contributed by atoms with Gasteiger partial charge in [-0.3, -0.25) is 0 Å². The van der Waals surface area contributed by atoms with Gasteiger partial charge in [-0.15, -0.1) is 0 Å². The maximum absolute atomic E-state index is 2.55. The molecule has 0 N–H and O–H groups in total. The molecule has 41 heavy (non-hydrogen) atoms. The Morgan fingerprint density at radius 1 is 0.390 bits per heavy atom. The Bertz CT molecular complexity index is 1990. The Kier molecular flexibility index (Phi) is 4.98. The highest BCUT2D eigenvalue weighted by Crippen LogP contribution is 2.61. The molecule has 0 saturated heterocycles. The van der Waals surface area contributed by atoms with Gasteiger partial charge in [-0.1, -0.05) is 119 Å². The summed E-state index contributed by atoms with van der Waals surface area (Å²) >= 11 is 0. The minimum atomic E-state index is -0.185. The zero-order valence-corrected chi connectivity index (χ0v) is 24.1. The highest BCUT2D eigenvalue weighted by atomic mass is 15.2. The molecule has 0 atom stereocenters. The van der Waals surface area contributed by atoms with E-state index in [1.807, 2.05) is 0 Å². The fourth-order valence-electron chi connectivity index (χ4n) is 7.26. The molecule has 0 fully saturated rings. The smallest absolute Gasteiger partial charge is 0.0544 e. The van der Waals surface area contributed by atoms with Gasteiger partial charge in [0, 0.05) is 10.8 Å². The van der Waals surface area contributed by atoms with Crippen molar-refractivity contribution in [3.05, 3.63) is 150 Å². The highest BCUT2D eigenvalue weighted by Gasteiger charge is 2.45. The van der Waals surface area contributed by atoms with Crippen LogP contribution >= 0.6 is 0 Å². The van der Waals surface area contributed by atoms with Crippen LogP contribution in [-0.4, -0.2) is 0 Å². The molecule has 0 saturated carbocycles. The first-order valence-corrected chi connectivity index (χ1v) is 14.6. The Morgan fingerprint density at radius 3 is 1.73 bits per heavy atom. The first-order chi connectivity index (χ1) is 19.8. The van der Waals surface area contributed by atoms with Crippen LogP contribution in [0.3, 0.4) is 0 Å². The zero-order valence-electron chi connectivity index (χ0n) is 24.1. The van der Waals surface area contributed by atoms with Gasteiger partial charge in [-0.2, -0.15) is 0 Å². The van der Waals surface area contributed by atoms with Crippen molar-refractivity contribution in [3.8, 4) is 22.3 Å². The number of fused-ring (bicyclic) bond motifs is 5. The molecule has 2 heterocycles. The van der Waals surface area contributed by atoms with E-state index in [1.165, 1.54) is 72.3 Å². The molecule has 2 aliphatic heterocycles. The average molecular weight is 528 g/mol. The van der Waals surface area contributed by atoms with Gasteiger partial charge in [0.05, 0.1) is 17.1 Å². The largest absolute Gasteiger partial charge is 0.309 e. The van der Waals surface area contributed by atoms with Crippen LogP contribution in [0.5, 0.6) is 0 Å². The third-order valence-corrected chi connectivity index (χ3v) is 9.60. The van der Waals surface area contributed by atoms with Crippen molar-refractivity contribution in [2.24, 2.45) is 0 Å². The van der Waals surface area contributed by atoms with Gasteiger partial charge in [0.25, 0.3) is 0 Å². The lowest BCUT2D eigenvalue weighted by Crippen LogP contribution is -2.38. The molecule has 2 aliphatic rings. The van der Waals surface area contributed by atoms with Crippen LogP contribution in [0.4, 0.5) is 17.1 Å². The van der Waals surface area contributed by atoms with Crippen molar-refractivity contribution in [3.63, 3.8) is 0 Å². The number of benzene rings is 6. The van der Waals surface area contributed by atoms with Crippen molar-refractivity contribution in [2.45, 2.75) is 38.5 Å². The molecule has 0 bridgehead atoms. The average Bonchev–Trinajstić information content (AvgIpc) is 3.01. The summed E-state index contributed by atoms with van der Waals surface area (Å²) in [4.78, 5) is 2.55. The molecule has 0 spiro atoms. The summed E-state index contributed by atoms with van der Waals surface area (Å²) in [7, 11) is 0. The first kappa shape index (κ1) is 24.2. The van der Waals surface area contributed by atoms with Crippen LogP contribution in [0.2, 0.25) is 0 Å². The van der Waals surface area contributed by atoms with E-state index in [1.54, 1.807) is 0 Å². The summed E-state index contributed by atoms with van der Waals surface area (Å²) in [6, 6.07) is 47.3. The summed E-state index contributed by atoms with van der Waals surface area (Å²) in [6.07, 6.45) is 0. The van der Waals surface area contributed by atoms with Crippen LogP contribution in [0.25, 0.3) is 33.0 Å². The summed E-state index contributed by atoms with van der Waals surface area (Å²) in [5, 5.41) is 2.55. The number of anilines is 3. The molecule has 6 aromatic rings. The van der Waals surface area contributed by atoms with Crippen molar-refractivity contribution in [1.29, 1.82) is 0 Å². The van der Waals surface area contributed by atoms with Gasteiger partial charge >= 0.3 is 0 Å². The second-order valence-corrected chi connectivity index (χ2v) is 12.7. The molecule has 0 amide bonds. The maximum Gasteiger partial charge on any atom is 0.0544 e. The van der Waals surface area contributed by atoms with Gasteiger partial charge in [0.15, 0.2) is 0 Å². The molecule has 1 nitrogen and oxygen atoms in total. The van der Waals surface area contributed by atoms with E-state index in [9.17, 15) is 0 Å². The Labute approximate surface area is 242 Å². The molecular weight excluding hydrogens is 494 g/mol. The summed E-state index contributed by atoms with van der Waals surface area (Å²) in [5.41, 5.74) is 14.2. The minimum Gasteiger partial charge on any atom is -0.309 e. The number of hydrogen-bond acceptors (Lipinski definition) is 1. The number of para-hydroxylation sites is 1. The van der Waals surface area contributed by atoms with E-state index in [2.05, 4.69) is 160 Å². The van der Waals surface area contributed by atoms with E-state index in [-0.39, 0.29) is 10.8 Å². The fourth-order valence-corrected chi connectivity index (χ4v) is 7.26. The predicted molar refractivity (Wildman–Crippen MR) is 174 cm³/mol. The lowest BCUT2D eigenvalue weighted by atomic mass is 9.65. The molecule has 1 heteroatoms. The molecule has 0 aromatic heterocycles. The van der Waals surface area contributed by atoms with Crippen molar-refractivity contribution in [2.75, 3.05) is 4.90 Å². The Morgan fingerprint density at radius 2 is 0.951 bits per heavy atom. The van der Waals surface area contributed by atoms with E-state index >= 15 is 0 Å². The first-order valence-electron chi connectivity index (χ1n) is 14.6. The van der Waals surface area contributed by atoms with Crippen molar-refractivity contribution in [1.82, 2.24) is 0 Å². The maximum atomic E-state index is 2.55. The molecule has 0 radical (unpaired) electrons. The topological polar surface area (TPSA) is 3.24 Å². The Hall–Kier alpha value is -4.62. The third-order valence-electron chi connectivity index (χ3n) is 9.60. The normalized spacial score (nSPS) is 15.7. The summed E-state index contributed by atoms with van der Waals surface area (Å²) < 4.78 is 0. The quantitative estimate of drug-likeness (QED) is 0.216. The van der Waals surface area contributed by atoms with Gasteiger partial charge in [-0.05, 0) is 91.7 Å². The Balaban J connectivity index is 1.41. The second-order valence-electron chi connectivity index (χ2n) is 12.7.